The molecular weight excluding hydrogens is 1110 g/mol. The Kier molecular flexibility index (Phi) is 53.5. The summed E-state index contributed by atoms with van der Waals surface area (Å²) >= 11 is 0. The molecule has 87 heavy (non-hydrogen) atoms. The quantitative estimate of drug-likeness (QED) is 0.0309. The summed E-state index contributed by atoms with van der Waals surface area (Å²) in [6.07, 6.45) is 30.1. The first-order chi connectivity index (χ1) is 41.8. The number of rotatable bonds is 57. The number of carbonyl (C=O) groups excluding carboxylic acids is 9. The van der Waals surface area contributed by atoms with Crippen molar-refractivity contribution in [3.8, 4) is 0 Å². The van der Waals surface area contributed by atoms with Crippen LogP contribution in [0.3, 0.4) is 0 Å². The van der Waals surface area contributed by atoms with Gasteiger partial charge in [0.1, 0.15) is 42.4 Å². The van der Waals surface area contributed by atoms with Gasteiger partial charge in [0.25, 0.3) is 0 Å². The van der Waals surface area contributed by atoms with Crippen molar-refractivity contribution in [1.82, 2.24) is 26.6 Å². The molecule has 0 bridgehead atoms. The van der Waals surface area contributed by atoms with Gasteiger partial charge < -0.3 is 50.6 Å². The lowest BCUT2D eigenvalue weighted by Crippen LogP contribution is -2.41. The first-order valence-corrected chi connectivity index (χ1v) is 33.8. The molecule has 0 spiro atoms. The van der Waals surface area contributed by atoms with Gasteiger partial charge in [0.2, 0.25) is 29.5 Å². The average molecular weight is 1240 g/mol. The van der Waals surface area contributed by atoms with Crippen LogP contribution in [0.15, 0.2) is 0 Å². The van der Waals surface area contributed by atoms with Gasteiger partial charge in [-0.05, 0) is 104 Å². The maximum Gasteiger partial charge on any atom is 0.326 e. The highest BCUT2D eigenvalue weighted by atomic mass is 16.5. The third kappa shape index (κ3) is 50.9. The monoisotopic (exact) mass is 1240 g/mol. The van der Waals surface area contributed by atoms with Crippen LogP contribution < -0.4 is 26.6 Å². The van der Waals surface area contributed by atoms with Crippen molar-refractivity contribution in [3.05, 3.63) is 0 Å². The highest BCUT2D eigenvalue weighted by Crippen LogP contribution is 2.25. The lowest BCUT2D eigenvalue weighted by atomic mass is 9.85. The smallest absolute Gasteiger partial charge is 0.326 e. The van der Waals surface area contributed by atoms with Crippen molar-refractivity contribution in [1.29, 1.82) is 0 Å². The Balaban J connectivity index is 0.00000219. The molecule has 0 aromatic rings. The van der Waals surface area contributed by atoms with E-state index in [-0.39, 0.29) is 148 Å². The molecule has 0 heterocycles. The van der Waals surface area contributed by atoms with Crippen LogP contribution in [0.4, 0.5) is 0 Å². The van der Waals surface area contributed by atoms with E-state index in [1.54, 1.807) is 20.8 Å². The molecular formula is C67H121N5O15. The second-order valence-corrected chi connectivity index (χ2v) is 24.0. The molecule has 1 rings (SSSR count). The Morgan fingerprint density at radius 1 is 0.437 bits per heavy atom. The van der Waals surface area contributed by atoms with Crippen LogP contribution in [-0.4, -0.2) is 148 Å². The molecule has 504 valence electrons. The number of nitrogens with one attached hydrogen (secondary N) is 5. The average Bonchev–Trinajstić information content (AvgIpc) is 3.55. The van der Waals surface area contributed by atoms with Crippen LogP contribution in [-0.2, 0) is 66.9 Å². The van der Waals surface area contributed by atoms with Gasteiger partial charge in [0.05, 0.1) is 33.0 Å². The fourth-order valence-corrected chi connectivity index (χ4v) is 10.0. The molecule has 0 aromatic carbocycles. The fourth-order valence-electron chi connectivity index (χ4n) is 10.0. The molecule has 0 aromatic heterocycles. The Morgan fingerprint density at radius 3 is 1.46 bits per heavy atom. The molecule has 0 radical (unpaired) electrons. The molecule has 20 heteroatoms. The number of ether oxygens (including phenoxy) is 4. The summed E-state index contributed by atoms with van der Waals surface area (Å²) in [6, 6.07) is -0.940. The normalized spacial score (nSPS) is 15.2. The van der Waals surface area contributed by atoms with Gasteiger partial charge in [-0.15, -0.1) is 0 Å². The zero-order valence-electron chi connectivity index (χ0n) is 55.2. The number of Topliss-reactive ketones (excluding diaryl/α,β-unsaturated/α-hetero) is 4. The van der Waals surface area contributed by atoms with E-state index in [4.69, 9.17) is 18.9 Å². The molecule has 0 aliphatic heterocycles. The Bertz CT molecular complexity index is 1880. The van der Waals surface area contributed by atoms with E-state index < -0.39 is 12.0 Å². The van der Waals surface area contributed by atoms with Crippen molar-refractivity contribution in [2.24, 2.45) is 23.7 Å². The summed E-state index contributed by atoms with van der Waals surface area (Å²) in [4.78, 5) is 118. The Hall–Kier alpha value is -4.66. The lowest BCUT2D eigenvalue weighted by molar-refractivity contribution is -0.142. The van der Waals surface area contributed by atoms with Gasteiger partial charge in [0.15, 0.2) is 0 Å². The second kappa shape index (κ2) is 56.6. The largest absolute Gasteiger partial charge is 0.480 e. The first-order valence-electron chi connectivity index (χ1n) is 33.8. The van der Waals surface area contributed by atoms with Gasteiger partial charge in [0, 0.05) is 81.6 Å². The van der Waals surface area contributed by atoms with Crippen molar-refractivity contribution >= 4 is 58.6 Å². The molecule has 1 aliphatic carbocycles. The maximum absolute atomic E-state index is 12.3. The Morgan fingerprint density at radius 2 is 0.931 bits per heavy atom. The summed E-state index contributed by atoms with van der Waals surface area (Å²) in [5.41, 5.74) is 0. The van der Waals surface area contributed by atoms with E-state index in [9.17, 15) is 53.1 Å². The Labute approximate surface area is 523 Å². The van der Waals surface area contributed by atoms with Crippen molar-refractivity contribution in [3.63, 3.8) is 0 Å². The zero-order chi connectivity index (χ0) is 64.7. The van der Waals surface area contributed by atoms with E-state index >= 15 is 0 Å². The standard InChI is InChI=1S/C45H83N3O11.C22H38N2O4/c1-4-6-7-8-9-10-11-12-13-14-15-16-17-18-19-25-42(51)48-41(45(54)55)27-26-40(50)24-22-30-56-32-34-58-37-44(53)47-29-31-57-33-35-59-36-43(52)46-28-21-20-23-39(5-2)38(3)49;1-15(17(3)25)7-5-6-14-23-22(28)19-9-11-20(12-10-19)24-21(27)13-8-16(2)18(4)26/h39,41H,4-37H2,1-3H3,(H,46,52)(H,47,53)(H,48,51)(H,54,55);15-16,19-20H,5-14H2,1-4H3,(H,23,28)(H,24,27). The molecule has 20 nitrogen and oxygen atoms in total. The SMILES string of the molecule is CC(=O)C(C)CCCCNC(=O)C1CCC(NC(=O)CCC(C)C(C)=O)CC1.CCCCCCCCCCCCCCCCCC(=O)NC(CCC(=O)CCCOCCOCC(=O)NCCOCCOCC(=O)NCCCCC(CC)C(C)=O)C(=O)O. The second-order valence-electron chi connectivity index (χ2n) is 24.0. The molecule has 1 saturated carbocycles. The molecule has 1 aliphatic rings. The molecule has 1 fully saturated rings. The number of carboxylic acid groups (broad SMARTS) is 1. The molecule has 0 saturated heterocycles. The molecule has 4 atom stereocenters. The van der Waals surface area contributed by atoms with Gasteiger partial charge in [-0.25, -0.2) is 4.79 Å². The number of ketones is 4. The molecule has 5 amide bonds. The van der Waals surface area contributed by atoms with E-state index in [0.717, 1.165) is 89.9 Å². The number of hydrogen-bond acceptors (Lipinski definition) is 14. The van der Waals surface area contributed by atoms with Crippen molar-refractivity contribution in [2.75, 3.05) is 72.5 Å². The minimum Gasteiger partial charge on any atom is -0.480 e. The van der Waals surface area contributed by atoms with E-state index in [0.29, 0.717) is 51.9 Å². The van der Waals surface area contributed by atoms with Gasteiger partial charge in [-0.2, -0.15) is 0 Å². The maximum atomic E-state index is 12.3. The van der Waals surface area contributed by atoms with E-state index in [2.05, 4.69) is 33.5 Å². The summed E-state index contributed by atoms with van der Waals surface area (Å²) in [5, 5.41) is 23.6. The summed E-state index contributed by atoms with van der Waals surface area (Å²) in [7, 11) is 0. The zero-order valence-corrected chi connectivity index (χ0v) is 55.2. The van der Waals surface area contributed by atoms with Crippen LogP contribution in [0.2, 0.25) is 0 Å². The number of carboxylic acids is 1. The van der Waals surface area contributed by atoms with Crippen molar-refractivity contribution < 1.29 is 72.0 Å². The number of aliphatic carboxylic acids is 1. The number of hydrogen-bond donors (Lipinski definition) is 6. The summed E-state index contributed by atoms with van der Waals surface area (Å²) in [6.45, 7) is 15.8. The highest BCUT2D eigenvalue weighted by molar-refractivity contribution is 5.85. The predicted octanol–water partition coefficient (Wildman–Crippen LogP) is 10.2. The van der Waals surface area contributed by atoms with Crippen LogP contribution in [0, 0.1) is 23.7 Å². The van der Waals surface area contributed by atoms with Crippen LogP contribution in [0.25, 0.3) is 0 Å². The van der Waals surface area contributed by atoms with Gasteiger partial charge >= 0.3 is 5.97 Å². The summed E-state index contributed by atoms with van der Waals surface area (Å²) in [5.74, 6) is -1.15. The summed E-state index contributed by atoms with van der Waals surface area (Å²) < 4.78 is 21.5. The van der Waals surface area contributed by atoms with Gasteiger partial charge in [-0.3, -0.25) is 43.2 Å². The van der Waals surface area contributed by atoms with Crippen LogP contribution in [0.1, 0.15) is 260 Å². The van der Waals surface area contributed by atoms with Crippen LogP contribution >= 0.6 is 0 Å². The fraction of sp³-hybridized carbons (Fsp3) is 0.851. The number of amides is 5. The minimum absolute atomic E-state index is 0.000732. The molecule has 4 unspecified atom stereocenters. The first kappa shape index (κ1) is 82.3. The third-order valence-electron chi connectivity index (χ3n) is 16.3. The van der Waals surface area contributed by atoms with Crippen LogP contribution in [0.5, 0.6) is 0 Å². The lowest BCUT2D eigenvalue weighted by Gasteiger charge is -2.28. The predicted molar refractivity (Wildman–Crippen MR) is 340 cm³/mol. The van der Waals surface area contributed by atoms with E-state index in [1.807, 2.05) is 20.8 Å². The topological polar surface area (TPSA) is 288 Å². The highest BCUT2D eigenvalue weighted by Gasteiger charge is 2.27. The molecule has 6 N–H and O–H groups in total. The number of unbranched alkanes of at least 4 members (excludes halogenated alkanes) is 16. The van der Waals surface area contributed by atoms with Gasteiger partial charge in [-0.1, -0.05) is 130 Å². The minimum atomic E-state index is -1.13. The number of carbonyl (C=O) groups is 10. The third-order valence-corrected chi connectivity index (χ3v) is 16.3. The van der Waals surface area contributed by atoms with E-state index in [1.165, 1.54) is 77.0 Å². The van der Waals surface area contributed by atoms with Crippen molar-refractivity contribution in [2.45, 2.75) is 272 Å².